The van der Waals surface area contributed by atoms with Crippen molar-refractivity contribution >= 4 is 5.96 Å². The number of hydrogen-bond donors (Lipinski definition) is 2. The normalized spacial score (nSPS) is 13.3. The van der Waals surface area contributed by atoms with Gasteiger partial charge in [-0.15, -0.1) is 0 Å². The molecule has 148 valence electrons. The predicted octanol–water partition coefficient (Wildman–Crippen LogP) is 3.25. The Kier molecular flexibility index (Phi) is 11.0. The van der Waals surface area contributed by atoms with Crippen LogP contribution >= 0.6 is 0 Å². The van der Waals surface area contributed by atoms with Gasteiger partial charge in [-0.2, -0.15) is 0 Å². The van der Waals surface area contributed by atoms with Crippen molar-refractivity contribution in [1.82, 2.24) is 15.5 Å². The largest absolute Gasteiger partial charge is 0.378 e. The first-order valence-corrected chi connectivity index (χ1v) is 9.82. The molecule has 0 fully saturated rings. The molecule has 0 saturated heterocycles. The highest BCUT2D eigenvalue weighted by Gasteiger charge is 2.12. The third-order valence-electron chi connectivity index (χ3n) is 4.13. The second kappa shape index (κ2) is 12.7. The highest BCUT2D eigenvalue weighted by Crippen LogP contribution is 2.10. The van der Waals surface area contributed by atoms with E-state index >= 15 is 0 Å². The van der Waals surface area contributed by atoms with Crippen molar-refractivity contribution in [2.24, 2.45) is 10.9 Å². The first kappa shape index (κ1) is 22.5. The summed E-state index contributed by atoms with van der Waals surface area (Å²) in [5.41, 5.74) is 2.54. The second-order valence-electron chi connectivity index (χ2n) is 7.20. The van der Waals surface area contributed by atoms with E-state index in [4.69, 9.17) is 9.73 Å². The van der Waals surface area contributed by atoms with Crippen molar-refractivity contribution in [3.05, 3.63) is 35.4 Å². The average molecular weight is 363 g/mol. The van der Waals surface area contributed by atoms with Crippen molar-refractivity contribution in [1.29, 1.82) is 0 Å². The molecule has 0 aliphatic heterocycles. The Morgan fingerprint density at radius 3 is 2.27 bits per heavy atom. The number of ether oxygens (including phenoxy) is 1. The summed E-state index contributed by atoms with van der Waals surface area (Å²) in [6.45, 7) is 12.7. The third-order valence-corrected chi connectivity index (χ3v) is 4.13. The fourth-order valence-electron chi connectivity index (χ4n) is 2.78. The Hall–Kier alpha value is -1.59. The van der Waals surface area contributed by atoms with Crippen LogP contribution in [0.15, 0.2) is 29.3 Å². The summed E-state index contributed by atoms with van der Waals surface area (Å²) in [5, 5.41) is 6.74. The Morgan fingerprint density at radius 1 is 1.08 bits per heavy atom. The van der Waals surface area contributed by atoms with Crippen LogP contribution in [0.3, 0.4) is 0 Å². The molecule has 0 spiro atoms. The lowest BCUT2D eigenvalue weighted by molar-refractivity contribution is 0.0258. The molecule has 0 aliphatic rings. The van der Waals surface area contributed by atoms with Crippen LogP contribution in [-0.2, 0) is 17.8 Å². The molecule has 1 atom stereocenters. The van der Waals surface area contributed by atoms with Gasteiger partial charge in [-0.05, 0) is 51.4 Å². The third kappa shape index (κ3) is 9.20. The van der Waals surface area contributed by atoms with Crippen LogP contribution in [0.1, 0.15) is 45.2 Å². The van der Waals surface area contributed by atoms with Gasteiger partial charge in [0, 0.05) is 26.2 Å². The van der Waals surface area contributed by atoms with E-state index in [2.05, 4.69) is 81.6 Å². The zero-order valence-electron chi connectivity index (χ0n) is 17.5. The fraction of sp³-hybridized carbons (Fsp3) is 0.667. The zero-order valence-corrected chi connectivity index (χ0v) is 17.5. The quantitative estimate of drug-likeness (QED) is 0.469. The second-order valence-corrected chi connectivity index (χ2v) is 7.20. The number of nitrogens with one attached hydrogen (secondary N) is 2. The first-order chi connectivity index (χ1) is 12.5. The molecule has 2 N–H and O–H groups in total. The molecule has 5 nitrogen and oxygen atoms in total. The summed E-state index contributed by atoms with van der Waals surface area (Å²) in [7, 11) is 4.17. The van der Waals surface area contributed by atoms with Gasteiger partial charge in [0.05, 0.1) is 12.6 Å². The average Bonchev–Trinajstić information content (AvgIpc) is 2.59. The molecule has 1 unspecified atom stereocenters. The van der Waals surface area contributed by atoms with E-state index in [0.717, 1.165) is 38.6 Å². The number of benzene rings is 1. The topological polar surface area (TPSA) is 48.9 Å². The molecule has 1 aromatic carbocycles. The van der Waals surface area contributed by atoms with Crippen LogP contribution in [0.2, 0.25) is 0 Å². The van der Waals surface area contributed by atoms with Crippen molar-refractivity contribution in [2.45, 2.75) is 53.3 Å². The number of guanidine groups is 1. The number of hydrogen-bond acceptors (Lipinski definition) is 3. The van der Waals surface area contributed by atoms with Crippen molar-refractivity contribution in [3.8, 4) is 0 Å². The molecule has 0 aromatic heterocycles. The van der Waals surface area contributed by atoms with Gasteiger partial charge < -0.3 is 20.3 Å². The first-order valence-electron chi connectivity index (χ1n) is 9.82. The molecule has 0 radical (unpaired) electrons. The maximum Gasteiger partial charge on any atom is 0.191 e. The van der Waals surface area contributed by atoms with Crippen LogP contribution in [0.25, 0.3) is 0 Å². The number of aliphatic imine (C=N–C) groups is 1. The summed E-state index contributed by atoms with van der Waals surface area (Å²) in [5.74, 6) is 1.39. The Bertz CT molecular complexity index is 511. The van der Waals surface area contributed by atoms with Crippen molar-refractivity contribution in [3.63, 3.8) is 0 Å². The summed E-state index contributed by atoms with van der Waals surface area (Å²) in [4.78, 5) is 6.88. The molecule has 0 amide bonds. The molecule has 5 heteroatoms. The Labute approximate surface area is 160 Å². The van der Waals surface area contributed by atoms with Crippen LogP contribution in [0, 0.1) is 5.92 Å². The van der Waals surface area contributed by atoms with Crippen molar-refractivity contribution < 1.29 is 4.74 Å². The van der Waals surface area contributed by atoms with E-state index in [9.17, 15) is 0 Å². The molecule has 0 saturated carbocycles. The zero-order chi connectivity index (χ0) is 19.4. The van der Waals surface area contributed by atoms with Gasteiger partial charge >= 0.3 is 0 Å². The summed E-state index contributed by atoms with van der Waals surface area (Å²) in [6.07, 6.45) is 1.27. The van der Waals surface area contributed by atoms with Gasteiger partial charge in [0.15, 0.2) is 5.96 Å². The van der Waals surface area contributed by atoms with E-state index < -0.39 is 0 Å². The highest BCUT2D eigenvalue weighted by molar-refractivity contribution is 5.79. The molecule has 0 heterocycles. The molecular weight excluding hydrogens is 324 g/mol. The molecule has 0 aliphatic carbocycles. The minimum Gasteiger partial charge on any atom is -0.378 e. The smallest absolute Gasteiger partial charge is 0.191 e. The van der Waals surface area contributed by atoms with Crippen LogP contribution < -0.4 is 10.6 Å². The molecule has 0 bridgehead atoms. The van der Waals surface area contributed by atoms with E-state index in [1.54, 1.807) is 0 Å². The van der Waals surface area contributed by atoms with E-state index in [1.165, 1.54) is 11.1 Å². The SMILES string of the molecule is CCNC(=NCc1ccc(CN(C)C)cc1)NCCC(OCC)C(C)C. The Morgan fingerprint density at radius 2 is 1.73 bits per heavy atom. The maximum absolute atomic E-state index is 5.81. The molecular formula is C21H38N4O. The Balaban J connectivity index is 2.54. The molecule has 26 heavy (non-hydrogen) atoms. The van der Waals surface area contributed by atoms with Crippen LogP contribution in [0.4, 0.5) is 0 Å². The van der Waals surface area contributed by atoms with Gasteiger partial charge in [-0.25, -0.2) is 4.99 Å². The van der Waals surface area contributed by atoms with Crippen LogP contribution in [-0.4, -0.2) is 50.8 Å². The molecule has 1 aromatic rings. The lowest BCUT2D eigenvalue weighted by Crippen LogP contribution is -2.39. The lowest BCUT2D eigenvalue weighted by Gasteiger charge is -2.21. The van der Waals surface area contributed by atoms with E-state index in [1.807, 2.05) is 0 Å². The van der Waals surface area contributed by atoms with E-state index in [0.29, 0.717) is 18.6 Å². The summed E-state index contributed by atoms with van der Waals surface area (Å²) < 4.78 is 5.81. The lowest BCUT2D eigenvalue weighted by atomic mass is 10.0. The minimum atomic E-state index is 0.291. The van der Waals surface area contributed by atoms with E-state index in [-0.39, 0.29) is 0 Å². The van der Waals surface area contributed by atoms with Gasteiger partial charge in [0.25, 0.3) is 0 Å². The summed E-state index contributed by atoms with van der Waals surface area (Å²) >= 11 is 0. The summed E-state index contributed by atoms with van der Waals surface area (Å²) in [6, 6.07) is 8.69. The predicted molar refractivity (Wildman–Crippen MR) is 112 cm³/mol. The van der Waals surface area contributed by atoms with Crippen molar-refractivity contribution in [2.75, 3.05) is 33.8 Å². The van der Waals surface area contributed by atoms with Gasteiger partial charge in [-0.1, -0.05) is 38.1 Å². The highest BCUT2D eigenvalue weighted by atomic mass is 16.5. The van der Waals surface area contributed by atoms with Gasteiger partial charge in [0.1, 0.15) is 0 Å². The van der Waals surface area contributed by atoms with Gasteiger partial charge in [-0.3, -0.25) is 0 Å². The molecule has 1 rings (SSSR count). The number of nitrogens with zero attached hydrogens (tertiary/aromatic N) is 2. The monoisotopic (exact) mass is 362 g/mol. The van der Waals surface area contributed by atoms with Crippen LogP contribution in [0.5, 0.6) is 0 Å². The van der Waals surface area contributed by atoms with Gasteiger partial charge in [0.2, 0.25) is 0 Å². The maximum atomic E-state index is 5.81. The minimum absolute atomic E-state index is 0.291. The fourth-order valence-corrected chi connectivity index (χ4v) is 2.78. The standard InChI is InChI=1S/C21H38N4O/c1-7-22-21(23-14-13-20(17(3)4)26-8-2)24-15-18-9-11-19(12-10-18)16-25(5)6/h9-12,17,20H,7-8,13-16H2,1-6H3,(H2,22,23,24). The number of rotatable bonds is 11.